The number of nitrogens with zero attached hydrogens (tertiary/aromatic N) is 2. The molecule has 0 aliphatic carbocycles. The molecule has 3 atom stereocenters. The summed E-state index contributed by atoms with van der Waals surface area (Å²) in [6.45, 7) is 6.13. The van der Waals surface area contributed by atoms with Crippen molar-refractivity contribution in [3.63, 3.8) is 0 Å². The van der Waals surface area contributed by atoms with Gasteiger partial charge in [0.05, 0.1) is 18.2 Å². The highest BCUT2D eigenvalue weighted by Crippen LogP contribution is 2.35. The van der Waals surface area contributed by atoms with Gasteiger partial charge in [0.1, 0.15) is 5.60 Å². The van der Waals surface area contributed by atoms with E-state index in [4.69, 9.17) is 10.5 Å². The van der Waals surface area contributed by atoms with Crippen molar-refractivity contribution >= 4 is 27.9 Å². The van der Waals surface area contributed by atoms with Crippen molar-refractivity contribution in [1.82, 2.24) is 9.47 Å². The van der Waals surface area contributed by atoms with E-state index in [0.29, 0.717) is 6.54 Å². The molecule has 0 radical (unpaired) electrons. The van der Waals surface area contributed by atoms with Crippen LogP contribution in [0.25, 0.3) is 21.8 Å². The summed E-state index contributed by atoms with van der Waals surface area (Å²) in [6.07, 6.45) is -1.17. The maximum Gasteiger partial charge on any atom is 0.410 e. The van der Waals surface area contributed by atoms with Gasteiger partial charge in [0.25, 0.3) is 0 Å². The van der Waals surface area contributed by atoms with E-state index in [0.717, 1.165) is 21.8 Å². The number of para-hydroxylation sites is 2. The Bertz CT molecular complexity index is 967. The predicted molar refractivity (Wildman–Crippen MR) is 110 cm³/mol. The lowest BCUT2D eigenvalue weighted by Gasteiger charge is -2.41. The third kappa shape index (κ3) is 3.23. The first-order valence-corrected chi connectivity index (χ1v) is 9.65. The second-order valence-electron chi connectivity index (χ2n) is 8.51. The lowest BCUT2D eigenvalue weighted by atomic mass is 9.97. The van der Waals surface area contributed by atoms with E-state index in [1.165, 1.54) is 0 Å². The van der Waals surface area contributed by atoms with Crippen LogP contribution in [0, 0.1) is 0 Å². The molecule has 0 saturated carbocycles. The number of hydrogen-bond donors (Lipinski definition) is 2. The zero-order chi connectivity index (χ0) is 20.1. The smallest absolute Gasteiger partial charge is 0.410 e. The van der Waals surface area contributed by atoms with Crippen molar-refractivity contribution < 1.29 is 14.6 Å². The van der Waals surface area contributed by atoms with Gasteiger partial charge in [-0.3, -0.25) is 0 Å². The van der Waals surface area contributed by atoms with Crippen molar-refractivity contribution in [2.24, 2.45) is 5.73 Å². The first kappa shape index (κ1) is 18.8. The highest BCUT2D eigenvalue weighted by Gasteiger charge is 2.39. The minimum atomic E-state index is -0.766. The van der Waals surface area contributed by atoms with Gasteiger partial charge >= 0.3 is 6.09 Å². The molecule has 1 amide bonds. The summed E-state index contributed by atoms with van der Waals surface area (Å²) in [6, 6.07) is 15.3. The molecule has 2 heterocycles. The van der Waals surface area contributed by atoms with Crippen LogP contribution < -0.4 is 5.73 Å². The average Bonchev–Trinajstić information content (AvgIpc) is 2.97. The van der Waals surface area contributed by atoms with Gasteiger partial charge in [-0.25, -0.2) is 4.79 Å². The van der Waals surface area contributed by atoms with E-state index >= 15 is 0 Å². The molecule has 28 heavy (non-hydrogen) atoms. The number of fused-ring (bicyclic) bond motifs is 3. The van der Waals surface area contributed by atoms with E-state index in [1.807, 2.05) is 57.2 Å². The number of carbonyl (C=O) groups excluding carboxylic acids is 1. The fourth-order valence-corrected chi connectivity index (χ4v) is 4.08. The number of likely N-dealkylation sites (tertiary alicyclic amines) is 1. The SMILES string of the molecule is CC(C)(C)OC(=O)N1C[C@@H](N)[C@H](O)[C@@H](n2c3ccccc3c3ccccc32)C1. The van der Waals surface area contributed by atoms with Gasteiger partial charge in [-0.15, -0.1) is 0 Å². The molecular formula is C22H27N3O3. The number of aromatic nitrogens is 1. The summed E-state index contributed by atoms with van der Waals surface area (Å²) in [4.78, 5) is 14.3. The number of benzene rings is 2. The number of ether oxygens (including phenoxy) is 1. The lowest BCUT2D eigenvalue weighted by Crippen LogP contribution is -2.58. The average molecular weight is 381 g/mol. The summed E-state index contributed by atoms with van der Waals surface area (Å²) in [7, 11) is 0. The molecule has 1 saturated heterocycles. The van der Waals surface area contributed by atoms with Crippen molar-refractivity contribution in [3.8, 4) is 0 Å². The Balaban J connectivity index is 1.79. The Morgan fingerprint density at radius 2 is 1.57 bits per heavy atom. The molecule has 1 aromatic heterocycles. The third-order valence-electron chi connectivity index (χ3n) is 5.27. The molecule has 0 bridgehead atoms. The quantitative estimate of drug-likeness (QED) is 0.678. The van der Waals surface area contributed by atoms with E-state index < -0.39 is 23.8 Å². The van der Waals surface area contributed by atoms with Gasteiger partial charge < -0.3 is 25.0 Å². The van der Waals surface area contributed by atoms with Crippen LogP contribution >= 0.6 is 0 Å². The van der Waals surface area contributed by atoms with Crippen LogP contribution in [0.3, 0.4) is 0 Å². The highest BCUT2D eigenvalue weighted by molar-refractivity contribution is 6.08. The van der Waals surface area contributed by atoms with Crippen LogP contribution in [0.4, 0.5) is 4.79 Å². The summed E-state index contributed by atoms with van der Waals surface area (Å²) >= 11 is 0. The summed E-state index contributed by atoms with van der Waals surface area (Å²) in [5, 5.41) is 13.2. The Morgan fingerprint density at radius 3 is 2.11 bits per heavy atom. The van der Waals surface area contributed by atoms with Gasteiger partial charge in [0.2, 0.25) is 0 Å². The summed E-state index contributed by atoms with van der Waals surface area (Å²) < 4.78 is 7.66. The monoisotopic (exact) mass is 381 g/mol. The Hall–Kier alpha value is -2.57. The number of aliphatic hydroxyl groups is 1. The maximum absolute atomic E-state index is 12.7. The first-order valence-electron chi connectivity index (χ1n) is 9.65. The van der Waals surface area contributed by atoms with E-state index in [-0.39, 0.29) is 12.6 Å². The molecule has 4 rings (SSSR count). The number of carbonyl (C=O) groups is 1. The van der Waals surface area contributed by atoms with Crippen LogP contribution in [0.1, 0.15) is 26.8 Å². The topological polar surface area (TPSA) is 80.7 Å². The number of piperidine rings is 1. The van der Waals surface area contributed by atoms with E-state index in [1.54, 1.807) is 4.90 Å². The van der Waals surface area contributed by atoms with Crippen molar-refractivity contribution in [2.75, 3.05) is 13.1 Å². The number of hydrogen-bond acceptors (Lipinski definition) is 4. The Morgan fingerprint density at radius 1 is 1.04 bits per heavy atom. The van der Waals surface area contributed by atoms with Crippen molar-refractivity contribution in [1.29, 1.82) is 0 Å². The third-order valence-corrected chi connectivity index (χ3v) is 5.27. The Kier molecular flexibility index (Phi) is 4.56. The fourth-order valence-electron chi connectivity index (χ4n) is 4.08. The van der Waals surface area contributed by atoms with Crippen molar-refractivity contribution in [3.05, 3.63) is 48.5 Å². The molecule has 148 valence electrons. The van der Waals surface area contributed by atoms with Gasteiger partial charge in [-0.2, -0.15) is 0 Å². The zero-order valence-corrected chi connectivity index (χ0v) is 16.5. The zero-order valence-electron chi connectivity index (χ0n) is 16.5. The Labute approximate surface area is 164 Å². The second kappa shape index (κ2) is 6.79. The van der Waals surface area contributed by atoms with Gasteiger partial charge in [0, 0.05) is 34.9 Å². The largest absolute Gasteiger partial charge is 0.444 e. The van der Waals surface area contributed by atoms with Gasteiger partial charge in [-0.05, 0) is 32.9 Å². The molecular weight excluding hydrogens is 354 g/mol. The molecule has 1 aliphatic heterocycles. The molecule has 6 heteroatoms. The second-order valence-corrected chi connectivity index (χ2v) is 8.51. The normalized spacial score (nSPS) is 23.3. The molecule has 0 unspecified atom stereocenters. The highest BCUT2D eigenvalue weighted by atomic mass is 16.6. The summed E-state index contributed by atoms with van der Waals surface area (Å²) in [5.41, 5.74) is 7.70. The van der Waals surface area contributed by atoms with E-state index in [2.05, 4.69) is 16.7 Å². The van der Waals surface area contributed by atoms with E-state index in [9.17, 15) is 9.90 Å². The molecule has 0 spiro atoms. The predicted octanol–water partition coefficient (Wildman–Crippen LogP) is 3.27. The van der Waals surface area contributed by atoms with Crippen LogP contribution in [-0.4, -0.2) is 51.5 Å². The standard InChI is InChI=1S/C22H27N3O3/c1-22(2,3)28-21(27)24-12-16(23)20(26)19(13-24)25-17-10-6-4-8-14(17)15-9-5-7-11-18(15)25/h4-11,16,19-20,26H,12-13,23H2,1-3H3/t16-,19+,20+/m1/s1. The maximum atomic E-state index is 12.7. The minimum Gasteiger partial charge on any atom is -0.444 e. The molecule has 1 aliphatic rings. The van der Waals surface area contributed by atoms with Crippen LogP contribution in [0.15, 0.2) is 48.5 Å². The van der Waals surface area contributed by atoms with Gasteiger partial charge in [0.15, 0.2) is 0 Å². The molecule has 1 fully saturated rings. The fraction of sp³-hybridized carbons (Fsp3) is 0.409. The number of nitrogens with two attached hydrogens (primary N) is 1. The van der Waals surface area contributed by atoms with Gasteiger partial charge in [-0.1, -0.05) is 36.4 Å². The number of rotatable bonds is 1. The minimum absolute atomic E-state index is 0.268. The van der Waals surface area contributed by atoms with Crippen LogP contribution in [0.2, 0.25) is 0 Å². The first-order chi connectivity index (χ1) is 13.3. The molecule has 3 N–H and O–H groups in total. The molecule has 2 aromatic carbocycles. The van der Waals surface area contributed by atoms with Crippen LogP contribution in [0.5, 0.6) is 0 Å². The number of amides is 1. The molecule has 6 nitrogen and oxygen atoms in total. The lowest BCUT2D eigenvalue weighted by molar-refractivity contribution is -0.0120. The summed E-state index contributed by atoms with van der Waals surface area (Å²) in [5.74, 6) is 0. The van der Waals surface area contributed by atoms with Crippen molar-refractivity contribution in [2.45, 2.75) is 44.6 Å². The molecule has 3 aromatic rings. The number of aliphatic hydroxyl groups excluding tert-OH is 1. The van der Waals surface area contributed by atoms with Crippen LogP contribution in [-0.2, 0) is 4.74 Å².